The maximum Gasteiger partial charge on any atom is 0.313 e. The Labute approximate surface area is 109 Å². The summed E-state index contributed by atoms with van der Waals surface area (Å²) in [5.41, 5.74) is -0.674. The van der Waals surface area contributed by atoms with Gasteiger partial charge in [-0.1, -0.05) is 6.92 Å². The largest absolute Gasteiger partial charge is 0.481 e. The van der Waals surface area contributed by atoms with Gasteiger partial charge >= 0.3 is 5.97 Å². The van der Waals surface area contributed by atoms with E-state index in [2.05, 4.69) is 16.7 Å². The number of rotatable bonds is 4. The highest BCUT2D eigenvalue weighted by Crippen LogP contribution is 2.30. The van der Waals surface area contributed by atoms with Crippen LogP contribution >= 0.6 is 0 Å². The zero-order valence-corrected chi connectivity index (χ0v) is 11.2. The molecule has 0 amide bonds. The molecular formula is C13H24N2O3. The summed E-state index contributed by atoms with van der Waals surface area (Å²) >= 11 is 0. The summed E-state index contributed by atoms with van der Waals surface area (Å²) in [5.74, 6) is -0.694. The SMILES string of the molecule is CCN1CCN(CC2(C(=O)O)CCCOC2)CC1. The molecule has 2 aliphatic heterocycles. The van der Waals surface area contributed by atoms with Crippen LogP contribution in [0.4, 0.5) is 0 Å². The fourth-order valence-electron chi connectivity index (χ4n) is 2.90. The zero-order valence-electron chi connectivity index (χ0n) is 11.2. The Bertz CT molecular complexity index is 282. The fourth-order valence-corrected chi connectivity index (χ4v) is 2.90. The van der Waals surface area contributed by atoms with E-state index in [-0.39, 0.29) is 0 Å². The maximum absolute atomic E-state index is 11.6. The Morgan fingerprint density at radius 1 is 1.28 bits per heavy atom. The van der Waals surface area contributed by atoms with Crippen molar-refractivity contribution < 1.29 is 14.6 Å². The number of carboxylic acid groups (broad SMARTS) is 1. The highest BCUT2D eigenvalue weighted by atomic mass is 16.5. The van der Waals surface area contributed by atoms with E-state index < -0.39 is 11.4 Å². The lowest BCUT2D eigenvalue weighted by Gasteiger charge is -2.41. The van der Waals surface area contributed by atoms with Crippen LogP contribution in [0.15, 0.2) is 0 Å². The molecular weight excluding hydrogens is 232 g/mol. The van der Waals surface area contributed by atoms with Gasteiger partial charge in [-0.05, 0) is 19.4 Å². The lowest BCUT2D eigenvalue weighted by atomic mass is 9.82. The summed E-state index contributed by atoms with van der Waals surface area (Å²) in [7, 11) is 0. The zero-order chi connectivity index (χ0) is 13.0. The Morgan fingerprint density at radius 2 is 1.94 bits per heavy atom. The number of piperazine rings is 1. The number of aliphatic carboxylic acids is 1. The molecule has 18 heavy (non-hydrogen) atoms. The Hall–Kier alpha value is -0.650. The lowest BCUT2D eigenvalue weighted by Crippen LogP contribution is -2.53. The molecule has 2 saturated heterocycles. The average molecular weight is 256 g/mol. The smallest absolute Gasteiger partial charge is 0.313 e. The highest BCUT2D eigenvalue weighted by molar-refractivity contribution is 5.75. The molecule has 1 unspecified atom stereocenters. The predicted molar refractivity (Wildman–Crippen MR) is 68.7 cm³/mol. The minimum Gasteiger partial charge on any atom is -0.481 e. The van der Waals surface area contributed by atoms with E-state index in [4.69, 9.17) is 4.74 Å². The number of carboxylic acids is 1. The van der Waals surface area contributed by atoms with Crippen molar-refractivity contribution in [1.82, 2.24) is 9.80 Å². The molecule has 5 heteroatoms. The van der Waals surface area contributed by atoms with Crippen molar-refractivity contribution in [2.45, 2.75) is 19.8 Å². The van der Waals surface area contributed by atoms with E-state index in [1.165, 1.54) is 0 Å². The molecule has 2 fully saturated rings. The first-order valence-electron chi connectivity index (χ1n) is 6.92. The minimum atomic E-state index is -0.694. The van der Waals surface area contributed by atoms with Gasteiger partial charge in [0.15, 0.2) is 0 Å². The van der Waals surface area contributed by atoms with Crippen molar-refractivity contribution in [3.8, 4) is 0 Å². The van der Waals surface area contributed by atoms with Crippen LogP contribution in [0.1, 0.15) is 19.8 Å². The van der Waals surface area contributed by atoms with Crippen LogP contribution in [0.2, 0.25) is 0 Å². The standard InChI is InChI=1S/C13H24N2O3/c1-2-14-5-7-15(8-6-14)10-13(12(16)17)4-3-9-18-11-13/h2-11H2,1H3,(H,16,17). The number of likely N-dealkylation sites (N-methyl/N-ethyl adjacent to an activating group) is 1. The third-order valence-electron chi connectivity index (χ3n) is 4.21. The molecule has 2 heterocycles. The third-order valence-corrected chi connectivity index (χ3v) is 4.21. The molecule has 0 aromatic rings. The van der Waals surface area contributed by atoms with Gasteiger partial charge in [-0.2, -0.15) is 0 Å². The summed E-state index contributed by atoms with van der Waals surface area (Å²) in [5, 5.41) is 9.50. The normalized spacial score (nSPS) is 31.4. The molecule has 104 valence electrons. The molecule has 0 aliphatic carbocycles. The molecule has 0 aromatic carbocycles. The van der Waals surface area contributed by atoms with E-state index in [1.807, 2.05) is 0 Å². The molecule has 0 saturated carbocycles. The summed E-state index contributed by atoms with van der Waals surface area (Å²) in [6, 6.07) is 0. The quantitative estimate of drug-likeness (QED) is 0.794. The summed E-state index contributed by atoms with van der Waals surface area (Å²) in [4.78, 5) is 16.2. The van der Waals surface area contributed by atoms with Gasteiger partial charge in [0.2, 0.25) is 0 Å². The molecule has 5 nitrogen and oxygen atoms in total. The first-order valence-corrected chi connectivity index (χ1v) is 6.92. The van der Waals surface area contributed by atoms with Gasteiger partial charge in [-0.25, -0.2) is 0 Å². The van der Waals surface area contributed by atoms with Crippen molar-refractivity contribution >= 4 is 5.97 Å². The fraction of sp³-hybridized carbons (Fsp3) is 0.923. The van der Waals surface area contributed by atoms with Crippen LogP contribution in [-0.2, 0) is 9.53 Å². The van der Waals surface area contributed by atoms with Crippen molar-refractivity contribution in [2.75, 3.05) is 52.5 Å². The maximum atomic E-state index is 11.6. The van der Waals surface area contributed by atoms with Crippen molar-refractivity contribution in [1.29, 1.82) is 0 Å². The van der Waals surface area contributed by atoms with Gasteiger partial charge in [-0.3, -0.25) is 9.69 Å². The van der Waals surface area contributed by atoms with Crippen LogP contribution in [0, 0.1) is 5.41 Å². The molecule has 1 atom stereocenters. The average Bonchev–Trinajstić information content (AvgIpc) is 2.40. The second-order valence-corrected chi connectivity index (χ2v) is 5.45. The topological polar surface area (TPSA) is 53.0 Å². The van der Waals surface area contributed by atoms with Crippen LogP contribution in [0.5, 0.6) is 0 Å². The van der Waals surface area contributed by atoms with Crippen LogP contribution in [-0.4, -0.2) is 73.4 Å². The monoisotopic (exact) mass is 256 g/mol. The van der Waals surface area contributed by atoms with E-state index in [1.54, 1.807) is 0 Å². The van der Waals surface area contributed by atoms with Crippen LogP contribution in [0.3, 0.4) is 0 Å². The minimum absolute atomic E-state index is 0.371. The highest BCUT2D eigenvalue weighted by Gasteiger charge is 2.42. The molecule has 1 N–H and O–H groups in total. The molecule has 2 aliphatic rings. The molecule has 0 radical (unpaired) electrons. The Balaban J connectivity index is 1.91. The van der Waals surface area contributed by atoms with Gasteiger partial charge in [-0.15, -0.1) is 0 Å². The lowest BCUT2D eigenvalue weighted by molar-refractivity contribution is -0.159. The van der Waals surface area contributed by atoms with E-state index in [0.717, 1.165) is 45.6 Å². The summed E-state index contributed by atoms with van der Waals surface area (Å²) in [6.45, 7) is 9.02. The third kappa shape index (κ3) is 3.02. The predicted octanol–water partition coefficient (Wildman–Crippen LogP) is 0.505. The van der Waals surface area contributed by atoms with E-state index in [9.17, 15) is 9.90 Å². The van der Waals surface area contributed by atoms with Gasteiger partial charge in [0.25, 0.3) is 0 Å². The number of ether oxygens (including phenoxy) is 1. The summed E-state index contributed by atoms with van der Waals surface area (Å²) < 4.78 is 5.41. The van der Waals surface area contributed by atoms with Crippen molar-refractivity contribution in [3.05, 3.63) is 0 Å². The Kier molecular flexibility index (Phi) is 4.59. The number of carbonyl (C=O) groups is 1. The first-order chi connectivity index (χ1) is 8.66. The molecule has 0 spiro atoms. The molecule has 2 rings (SSSR count). The van der Waals surface area contributed by atoms with Crippen molar-refractivity contribution in [3.63, 3.8) is 0 Å². The van der Waals surface area contributed by atoms with Crippen LogP contribution in [0.25, 0.3) is 0 Å². The van der Waals surface area contributed by atoms with Gasteiger partial charge < -0.3 is 14.7 Å². The molecule has 0 aromatic heterocycles. The van der Waals surface area contributed by atoms with Crippen molar-refractivity contribution in [2.24, 2.45) is 5.41 Å². The van der Waals surface area contributed by atoms with Gasteiger partial charge in [0, 0.05) is 39.3 Å². The molecule has 0 bridgehead atoms. The second-order valence-electron chi connectivity index (χ2n) is 5.45. The van der Waals surface area contributed by atoms with Gasteiger partial charge in [0.1, 0.15) is 5.41 Å². The Morgan fingerprint density at radius 3 is 2.44 bits per heavy atom. The van der Waals surface area contributed by atoms with E-state index >= 15 is 0 Å². The first kappa shape index (κ1) is 13.8. The van der Waals surface area contributed by atoms with E-state index in [0.29, 0.717) is 19.8 Å². The summed E-state index contributed by atoms with van der Waals surface area (Å²) in [6.07, 6.45) is 1.61. The number of hydrogen-bond acceptors (Lipinski definition) is 4. The van der Waals surface area contributed by atoms with Gasteiger partial charge in [0.05, 0.1) is 6.61 Å². The van der Waals surface area contributed by atoms with Crippen LogP contribution < -0.4 is 0 Å². The second kappa shape index (κ2) is 5.99. The number of hydrogen-bond donors (Lipinski definition) is 1. The number of nitrogens with zero attached hydrogens (tertiary/aromatic N) is 2.